The van der Waals surface area contributed by atoms with E-state index in [0.717, 1.165) is 12.8 Å². The van der Waals surface area contributed by atoms with Gasteiger partial charge in [-0.25, -0.2) is 8.42 Å². The minimum atomic E-state index is -3.87. The van der Waals surface area contributed by atoms with Gasteiger partial charge in [0.15, 0.2) is 5.76 Å². The Hall–Kier alpha value is -1.34. The summed E-state index contributed by atoms with van der Waals surface area (Å²) >= 11 is 0. The molecule has 0 bridgehead atoms. The van der Waals surface area contributed by atoms with E-state index in [0.29, 0.717) is 11.8 Å². The Morgan fingerprint density at radius 2 is 2.12 bits per heavy atom. The molecule has 0 saturated heterocycles. The minimum absolute atomic E-state index is 0.222. The molecule has 3 rings (SSSR count). The third-order valence-electron chi connectivity index (χ3n) is 2.41. The normalized spacial score (nSPS) is 16.3. The van der Waals surface area contributed by atoms with Gasteiger partial charge in [0.05, 0.1) is 0 Å². The molecule has 1 fully saturated rings. The maximum atomic E-state index is 11.0. The summed E-state index contributed by atoms with van der Waals surface area (Å²) in [5, 5.41) is 3.40. The van der Waals surface area contributed by atoms with Crippen molar-refractivity contribution < 1.29 is 17.4 Å². The third kappa shape index (κ3) is 2.07. The molecule has 0 atom stereocenters. The van der Waals surface area contributed by atoms with E-state index in [1.165, 1.54) is 12.1 Å². The molecule has 0 N–H and O–H groups in total. The van der Waals surface area contributed by atoms with Crippen LogP contribution in [0.25, 0.3) is 11.6 Å². The lowest BCUT2D eigenvalue weighted by atomic mass is 10.4. The van der Waals surface area contributed by atoms with Gasteiger partial charge in [-0.15, -0.1) is 0 Å². The van der Waals surface area contributed by atoms with Crippen LogP contribution < -0.4 is 0 Å². The summed E-state index contributed by atoms with van der Waals surface area (Å²) < 4.78 is 32.1. The van der Waals surface area contributed by atoms with E-state index in [4.69, 9.17) is 19.6 Å². The van der Waals surface area contributed by atoms with Crippen LogP contribution in [0.15, 0.2) is 26.2 Å². The Bertz CT molecular complexity index is 656. The summed E-state index contributed by atoms with van der Waals surface area (Å²) in [5.74, 6) is 1.35. The molecule has 0 radical (unpaired) electrons. The van der Waals surface area contributed by atoms with Gasteiger partial charge >= 0.3 is 0 Å². The Balaban J connectivity index is 1.95. The molecule has 1 aliphatic carbocycles. The Kier molecular flexibility index (Phi) is 2.27. The minimum Gasteiger partial charge on any atom is -0.440 e. The highest BCUT2D eigenvalue weighted by atomic mass is 35.7. The largest absolute Gasteiger partial charge is 0.440 e. The summed E-state index contributed by atoms with van der Waals surface area (Å²) in [5.41, 5.74) is 0. The van der Waals surface area contributed by atoms with E-state index >= 15 is 0 Å². The molecule has 2 aromatic heterocycles. The zero-order chi connectivity index (χ0) is 12.0. The molecule has 17 heavy (non-hydrogen) atoms. The van der Waals surface area contributed by atoms with Crippen LogP contribution in [-0.4, -0.2) is 18.6 Å². The second-order valence-corrected chi connectivity index (χ2v) is 6.28. The monoisotopic (exact) mass is 274 g/mol. The van der Waals surface area contributed by atoms with Gasteiger partial charge in [-0.1, -0.05) is 5.16 Å². The molecular weight excluding hydrogens is 268 g/mol. The number of furan rings is 1. The molecule has 2 heterocycles. The van der Waals surface area contributed by atoms with E-state index in [-0.39, 0.29) is 16.7 Å². The van der Waals surface area contributed by atoms with Crippen molar-refractivity contribution in [3.05, 3.63) is 18.0 Å². The van der Waals surface area contributed by atoms with Crippen LogP contribution in [0.5, 0.6) is 0 Å². The maximum Gasteiger partial charge on any atom is 0.294 e. The van der Waals surface area contributed by atoms with E-state index < -0.39 is 9.05 Å². The van der Waals surface area contributed by atoms with Crippen LogP contribution in [0.1, 0.15) is 24.7 Å². The molecule has 0 unspecified atom stereocenters. The Morgan fingerprint density at radius 3 is 2.71 bits per heavy atom. The first-order valence-electron chi connectivity index (χ1n) is 4.92. The first-order valence-corrected chi connectivity index (χ1v) is 7.23. The van der Waals surface area contributed by atoms with E-state index in [2.05, 4.69) is 10.1 Å². The van der Waals surface area contributed by atoms with Gasteiger partial charge in [0.1, 0.15) is 0 Å². The molecule has 0 spiro atoms. The van der Waals surface area contributed by atoms with Gasteiger partial charge in [0, 0.05) is 16.6 Å². The maximum absolute atomic E-state index is 11.0. The second-order valence-electron chi connectivity index (χ2n) is 3.79. The zero-order valence-corrected chi connectivity index (χ0v) is 10.0. The van der Waals surface area contributed by atoms with Gasteiger partial charge < -0.3 is 8.94 Å². The van der Waals surface area contributed by atoms with Crippen molar-refractivity contribution in [2.75, 3.05) is 0 Å². The molecule has 0 aromatic carbocycles. The summed E-state index contributed by atoms with van der Waals surface area (Å²) in [7, 11) is 1.27. The average molecular weight is 275 g/mol. The highest BCUT2D eigenvalue weighted by Gasteiger charge is 2.30. The molecule has 0 amide bonds. The molecular formula is C9H7ClN2O4S. The van der Waals surface area contributed by atoms with Crippen molar-refractivity contribution in [1.29, 1.82) is 0 Å². The van der Waals surface area contributed by atoms with Crippen LogP contribution >= 0.6 is 10.7 Å². The molecule has 6 nitrogen and oxygen atoms in total. The van der Waals surface area contributed by atoms with E-state index in [1.807, 2.05) is 0 Å². The van der Waals surface area contributed by atoms with Crippen molar-refractivity contribution in [1.82, 2.24) is 10.1 Å². The molecule has 90 valence electrons. The zero-order valence-electron chi connectivity index (χ0n) is 8.46. The first kappa shape index (κ1) is 10.8. The number of halogens is 1. The number of nitrogens with zero attached hydrogens (tertiary/aromatic N) is 2. The lowest BCUT2D eigenvalue weighted by Gasteiger charge is -1.87. The quantitative estimate of drug-likeness (QED) is 0.797. The summed E-state index contributed by atoms with van der Waals surface area (Å²) in [6, 6.07) is 2.70. The smallest absolute Gasteiger partial charge is 0.294 e. The second kappa shape index (κ2) is 3.58. The van der Waals surface area contributed by atoms with Crippen LogP contribution in [0.2, 0.25) is 0 Å². The van der Waals surface area contributed by atoms with Gasteiger partial charge in [-0.05, 0) is 25.0 Å². The lowest BCUT2D eigenvalue weighted by Crippen LogP contribution is -1.85. The third-order valence-corrected chi connectivity index (χ3v) is 3.57. The van der Waals surface area contributed by atoms with Crippen LogP contribution in [-0.2, 0) is 9.05 Å². The topological polar surface area (TPSA) is 86.2 Å². The fourth-order valence-corrected chi connectivity index (χ4v) is 2.07. The van der Waals surface area contributed by atoms with Crippen molar-refractivity contribution in [3.8, 4) is 11.6 Å². The van der Waals surface area contributed by atoms with Gasteiger partial charge in [-0.3, -0.25) is 0 Å². The molecule has 0 aliphatic heterocycles. The summed E-state index contributed by atoms with van der Waals surface area (Å²) in [6.07, 6.45) is 2.09. The molecule has 2 aromatic rings. The average Bonchev–Trinajstić information content (AvgIpc) is 2.82. The predicted molar refractivity (Wildman–Crippen MR) is 57.0 cm³/mol. The fourth-order valence-electron chi connectivity index (χ4n) is 1.40. The number of hydrogen-bond acceptors (Lipinski definition) is 6. The van der Waals surface area contributed by atoms with Crippen molar-refractivity contribution in [2.24, 2.45) is 0 Å². The highest BCUT2D eigenvalue weighted by Crippen LogP contribution is 2.39. The predicted octanol–water partition coefficient (Wildman–Crippen LogP) is 2.13. The van der Waals surface area contributed by atoms with Gasteiger partial charge in [-0.2, -0.15) is 4.98 Å². The number of hydrogen-bond donors (Lipinski definition) is 0. The van der Waals surface area contributed by atoms with Crippen molar-refractivity contribution in [3.63, 3.8) is 0 Å². The number of aromatic nitrogens is 2. The van der Waals surface area contributed by atoms with Crippen LogP contribution in [0, 0.1) is 0 Å². The number of rotatable bonds is 3. The Morgan fingerprint density at radius 1 is 1.35 bits per heavy atom. The van der Waals surface area contributed by atoms with Crippen molar-refractivity contribution in [2.45, 2.75) is 23.9 Å². The standard InChI is InChI=1S/C9H7ClN2O4S/c10-17(13,14)7-4-3-6(15-7)8-11-9(16-12-8)5-1-2-5/h3-5H,1-2H2. The van der Waals surface area contributed by atoms with Crippen molar-refractivity contribution >= 4 is 19.7 Å². The first-order chi connectivity index (χ1) is 8.04. The summed E-state index contributed by atoms with van der Waals surface area (Å²) in [4.78, 5) is 4.13. The lowest BCUT2D eigenvalue weighted by molar-refractivity contribution is 0.377. The van der Waals surface area contributed by atoms with E-state index in [1.54, 1.807) is 0 Å². The molecule has 1 aliphatic rings. The Labute approximate surface area is 101 Å². The van der Waals surface area contributed by atoms with Crippen LogP contribution in [0.3, 0.4) is 0 Å². The fraction of sp³-hybridized carbons (Fsp3) is 0.333. The molecule has 1 saturated carbocycles. The van der Waals surface area contributed by atoms with Gasteiger partial charge in [0.25, 0.3) is 9.05 Å². The van der Waals surface area contributed by atoms with Gasteiger partial charge in [0.2, 0.25) is 16.8 Å². The highest BCUT2D eigenvalue weighted by molar-refractivity contribution is 8.13. The molecule has 8 heteroatoms. The SMILES string of the molecule is O=S(=O)(Cl)c1ccc(-c2noc(C3CC3)n2)o1. The van der Waals surface area contributed by atoms with E-state index in [9.17, 15) is 8.42 Å². The summed E-state index contributed by atoms with van der Waals surface area (Å²) in [6.45, 7) is 0. The van der Waals surface area contributed by atoms with Crippen LogP contribution in [0.4, 0.5) is 0 Å².